The highest BCUT2D eigenvalue weighted by molar-refractivity contribution is 6.01. The van der Waals surface area contributed by atoms with Gasteiger partial charge < -0.3 is 31.8 Å². The van der Waals surface area contributed by atoms with Gasteiger partial charge in [0.2, 0.25) is 5.91 Å². The topological polar surface area (TPSA) is 181 Å². The predicted molar refractivity (Wildman–Crippen MR) is 126 cm³/mol. The van der Waals surface area contributed by atoms with Gasteiger partial charge in [0.1, 0.15) is 11.5 Å². The molecule has 0 bridgehead atoms. The molecule has 1 aromatic carbocycles. The van der Waals surface area contributed by atoms with Crippen LogP contribution in [0.3, 0.4) is 0 Å². The molecule has 1 aliphatic carbocycles. The van der Waals surface area contributed by atoms with Crippen molar-refractivity contribution in [2.45, 2.75) is 46.0 Å². The van der Waals surface area contributed by atoms with Crippen LogP contribution >= 0.6 is 0 Å². The van der Waals surface area contributed by atoms with Crippen molar-refractivity contribution in [1.82, 2.24) is 5.32 Å². The van der Waals surface area contributed by atoms with Crippen LogP contribution in [0, 0.1) is 24.7 Å². The van der Waals surface area contributed by atoms with E-state index in [1.54, 1.807) is 6.07 Å². The number of primary amides is 1. The molecule has 3 unspecified atom stereocenters. The number of amides is 1. The Balaban J connectivity index is -0.00000127. The molecule has 186 valence electrons. The average molecular weight is 459 g/mol. The number of hydrogen-bond donors (Lipinski definition) is 5. The third-order valence-corrected chi connectivity index (χ3v) is 5.79. The molecule has 1 aliphatic rings. The third kappa shape index (κ3) is 8.31. The minimum absolute atomic E-state index is 0. The number of phenolic OH excluding ortho intramolecular Hbond substituents is 1. The second-order valence-corrected chi connectivity index (χ2v) is 8.07. The molecule has 9 heteroatoms. The van der Waals surface area contributed by atoms with Gasteiger partial charge in [0.15, 0.2) is 5.78 Å². The van der Waals surface area contributed by atoms with E-state index >= 15 is 0 Å². The van der Waals surface area contributed by atoms with Crippen LogP contribution in [0.5, 0.6) is 5.75 Å². The lowest BCUT2D eigenvalue weighted by Gasteiger charge is -2.31. The van der Waals surface area contributed by atoms with Gasteiger partial charge >= 0.3 is 0 Å². The van der Waals surface area contributed by atoms with Crippen LogP contribution in [0.15, 0.2) is 12.1 Å². The Hall–Kier alpha value is -2.33. The smallest absolute Gasteiger partial charge is 0.224 e. The zero-order valence-electron chi connectivity index (χ0n) is 19.2. The van der Waals surface area contributed by atoms with E-state index in [1.807, 2.05) is 14.0 Å². The molecule has 0 spiro atoms. The lowest BCUT2D eigenvalue weighted by atomic mass is 9.73. The normalized spacial score (nSPS) is 16.7. The summed E-state index contributed by atoms with van der Waals surface area (Å²) in [5, 5.41) is 32.0. The highest BCUT2D eigenvalue weighted by Crippen LogP contribution is 2.37. The summed E-state index contributed by atoms with van der Waals surface area (Å²) in [6, 6.07) is 3.28. The summed E-state index contributed by atoms with van der Waals surface area (Å²) in [5.74, 6) is -2.59. The minimum Gasteiger partial charge on any atom is -0.507 e. The number of carbonyl (C=O) groups is 3. The molecule has 32 heavy (non-hydrogen) atoms. The van der Waals surface area contributed by atoms with E-state index in [0.717, 1.165) is 17.7 Å². The Morgan fingerprint density at radius 2 is 1.91 bits per heavy atom. The van der Waals surface area contributed by atoms with Gasteiger partial charge in [-0.3, -0.25) is 14.4 Å². The number of benzene rings is 1. The number of nitrogens with two attached hydrogens (primary N) is 1. The highest BCUT2D eigenvalue weighted by atomic mass is 16.3. The molecule has 1 aromatic rings. The van der Waals surface area contributed by atoms with Crippen molar-refractivity contribution in [2.75, 3.05) is 26.8 Å². The molecule has 0 saturated heterocycles. The van der Waals surface area contributed by atoms with Crippen molar-refractivity contribution >= 4 is 17.5 Å². The molecule has 9 nitrogen and oxygen atoms in total. The molecule has 8 N–H and O–H groups in total. The van der Waals surface area contributed by atoms with Crippen LogP contribution in [0.25, 0.3) is 0 Å². The summed E-state index contributed by atoms with van der Waals surface area (Å²) in [5.41, 5.74) is 7.18. The number of ketones is 2. The van der Waals surface area contributed by atoms with Crippen LogP contribution in [0.2, 0.25) is 0 Å². The number of rotatable bonds is 10. The molecule has 0 saturated carbocycles. The van der Waals surface area contributed by atoms with Gasteiger partial charge in [0.05, 0.1) is 18.6 Å². The summed E-state index contributed by atoms with van der Waals surface area (Å²) in [4.78, 5) is 35.9. The summed E-state index contributed by atoms with van der Waals surface area (Å²) in [7, 11) is 1.93. The number of aliphatic hydroxyl groups excluding tert-OH is 2. The minimum atomic E-state index is -0.800. The van der Waals surface area contributed by atoms with Gasteiger partial charge in [-0.25, -0.2) is 0 Å². The zero-order valence-corrected chi connectivity index (χ0v) is 19.2. The van der Waals surface area contributed by atoms with E-state index in [-0.39, 0.29) is 51.1 Å². The molecule has 0 aromatic heterocycles. The number of aryl methyl sites for hydroxylation is 1. The maximum Gasteiger partial charge on any atom is 0.224 e. The van der Waals surface area contributed by atoms with Crippen LogP contribution in [-0.2, 0) is 16.0 Å². The van der Waals surface area contributed by atoms with Crippen molar-refractivity contribution in [3.8, 4) is 5.75 Å². The van der Waals surface area contributed by atoms with Crippen molar-refractivity contribution in [1.29, 1.82) is 0 Å². The predicted octanol–water partition coefficient (Wildman–Crippen LogP) is 0.780. The molecule has 2 rings (SSSR count). The lowest BCUT2D eigenvalue weighted by Crippen LogP contribution is -2.33. The third-order valence-electron chi connectivity index (χ3n) is 5.79. The van der Waals surface area contributed by atoms with Gasteiger partial charge in [-0.2, -0.15) is 0 Å². The van der Waals surface area contributed by atoms with Crippen LogP contribution in [0.1, 0.15) is 56.9 Å². The van der Waals surface area contributed by atoms with Crippen molar-refractivity contribution in [3.05, 3.63) is 28.8 Å². The maximum atomic E-state index is 12.5. The van der Waals surface area contributed by atoms with Gasteiger partial charge in [-0.1, -0.05) is 13.0 Å². The Morgan fingerprint density at radius 3 is 2.41 bits per heavy atom. The Morgan fingerprint density at radius 1 is 1.28 bits per heavy atom. The first-order chi connectivity index (χ1) is 14.7. The highest BCUT2D eigenvalue weighted by Gasteiger charge is 2.34. The molecular weight excluding hydrogens is 416 g/mol. The van der Waals surface area contributed by atoms with Crippen molar-refractivity contribution < 1.29 is 38.0 Å². The van der Waals surface area contributed by atoms with Crippen molar-refractivity contribution in [3.63, 3.8) is 0 Å². The van der Waals surface area contributed by atoms with E-state index in [4.69, 9.17) is 5.73 Å². The van der Waals surface area contributed by atoms with Crippen molar-refractivity contribution in [2.24, 2.45) is 23.5 Å². The standard InChI is InChI=1S/C20H27NO6.C3H9N.H2O.2H2/c1-11-2-3-16(24)20-14(11)7-12(8-18(20)26)6-13(4-5-22)15(10-23)17(25)9-19(21)27;1-3-4-2;;;/h2-3,12-13,15,22-24H,4-10H2,1H3,(H2,21,27);4H,3H2,1-2H3;1H2;2*1H. The second-order valence-electron chi connectivity index (χ2n) is 8.07. The van der Waals surface area contributed by atoms with E-state index in [2.05, 4.69) is 12.2 Å². The second kappa shape index (κ2) is 14.7. The monoisotopic (exact) mass is 458 g/mol. The first-order valence-electron chi connectivity index (χ1n) is 10.7. The maximum absolute atomic E-state index is 12.5. The zero-order chi connectivity index (χ0) is 23.6. The van der Waals surface area contributed by atoms with Gasteiger partial charge in [-0.15, -0.1) is 0 Å². The van der Waals surface area contributed by atoms with Gasteiger partial charge in [-0.05, 0) is 68.8 Å². The molecule has 1 amide bonds. The fourth-order valence-electron chi connectivity index (χ4n) is 4.10. The first kappa shape index (κ1) is 29.7. The fourth-order valence-corrected chi connectivity index (χ4v) is 4.10. The van der Waals surface area contributed by atoms with Crippen LogP contribution < -0.4 is 11.1 Å². The van der Waals surface area contributed by atoms with E-state index < -0.39 is 30.6 Å². The quantitative estimate of drug-likeness (QED) is 0.321. The molecule has 0 fully saturated rings. The van der Waals surface area contributed by atoms with E-state index in [0.29, 0.717) is 18.4 Å². The fraction of sp³-hybridized carbons (Fsp3) is 0.609. The summed E-state index contributed by atoms with van der Waals surface area (Å²) < 4.78 is 0. The molecular formula is C23H42N2O7. The first-order valence-corrected chi connectivity index (χ1v) is 10.7. The molecule has 0 aliphatic heterocycles. The number of aromatic hydroxyl groups is 1. The van der Waals surface area contributed by atoms with Gasteiger partial charge in [0, 0.05) is 21.8 Å². The number of Topliss-reactive ketones (excluding diaryl/α,β-unsaturated/α-hetero) is 2. The number of hydrogen-bond acceptors (Lipinski definition) is 7. The molecule has 0 heterocycles. The van der Waals surface area contributed by atoms with E-state index in [1.165, 1.54) is 6.07 Å². The van der Waals surface area contributed by atoms with Crippen LogP contribution in [-0.4, -0.2) is 65.1 Å². The number of nitrogens with one attached hydrogen (secondary N) is 1. The van der Waals surface area contributed by atoms with Gasteiger partial charge in [0.25, 0.3) is 0 Å². The summed E-state index contributed by atoms with van der Waals surface area (Å²) in [6.07, 6.45) is 1.09. The summed E-state index contributed by atoms with van der Waals surface area (Å²) >= 11 is 0. The Kier molecular flexibility index (Phi) is 13.6. The molecule has 0 radical (unpaired) electrons. The van der Waals surface area contributed by atoms with E-state index in [9.17, 15) is 29.7 Å². The number of aliphatic hydroxyl groups is 2. The number of carbonyl (C=O) groups excluding carboxylic acids is 3. The SMILES string of the molecule is CCNC.Cc1ccc(O)c2c1CC(CC(CCO)C(CO)C(=O)CC(N)=O)CC2=O.O.[HH].[HH]. The number of phenols is 1. The Labute approximate surface area is 192 Å². The Bertz CT molecular complexity index is 776. The molecule has 3 atom stereocenters. The average Bonchev–Trinajstić information content (AvgIpc) is 2.71. The number of fused-ring (bicyclic) bond motifs is 1. The lowest BCUT2D eigenvalue weighted by molar-refractivity contribution is -0.131. The summed E-state index contributed by atoms with van der Waals surface area (Å²) in [6.45, 7) is 4.42. The largest absolute Gasteiger partial charge is 0.507 e. The van der Waals surface area contributed by atoms with Crippen LogP contribution in [0.4, 0.5) is 0 Å².